The predicted molar refractivity (Wildman–Crippen MR) is 93.2 cm³/mol. The molecule has 0 bridgehead atoms. The van der Waals surface area contributed by atoms with Crippen molar-refractivity contribution in [2.24, 2.45) is 0 Å². The summed E-state index contributed by atoms with van der Waals surface area (Å²) < 4.78 is 12.8. The van der Waals surface area contributed by atoms with Gasteiger partial charge in [0.15, 0.2) is 5.75 Å². The molecule has 5 heteroatoms. The third-order valence-corrected chi connectivity index (χ3v) is 3.61. The van der Waals surface area contributed by atoms with Gasteiger partial charge in [0.2, 0.25) is 0 Å². The summed E-state index contributed by atoms with van der Waals surface area (Å²) >= 11 is 0. The molecule has 2 rings (SSSR count). The summed E-state index contributed by atoms with van der Waals surface area (Å²) in [6.07, 6.45) is 4.16. The highest BCUT2D eigenvalue weighted by molar-refractivity contribution is 5.19. The second kappa shape index (κ2) is 10.6. The fourth-order valence-corrected chi connectivity index (χ4v) is 2.29. The monoisotopic (exact) mass is 331 g/mol. The van der Waals surface area contributed by atoms with E-state index in [0.29, 0.717) is 32.1 Å². The molecule has 1 aromatic heterocycles. The molecule has 0 aliphatic rings. The minimum atomic E-state index is -0.117. The largest absolute Gasteiger partial charge is 0.483 e. The van der Waals surface area contributed by atoms with Crippen molar-refractivity contribution in [3.8, 4) is 5.75 Å². The van der Waals surface area contributed by atoms with Gasteiger partial charge >= 0.3 is 0 Å². The first-order chi connectivity index (χ1) is 11.8. The zero-order chi connectivity index (χ0) is 17.0. The number of nitrogens with zero attached hydrogens (tertiary/aromatic N) is 1. The summed E-state index contributed by atoms with van der Waals surface area (Å²) in [5, 5.41) is 8.69. The van der Waals surface area contributed by atoms with Gasteiger partial charge in [-0.15, -0.1) is 0 Å². The number of aliphatic hydroxyl groups excluding tert-OH is 1. The van der Waals surface area contributed by atoms with Crippen LogP contribution in [0.2, 0.25) is 0 Å². The zero-order valence-electron chi connectivity index (χ0n) is 13.9. The van der Waals surface area contributed by atoms with E-state index in [1.807, 2.05) is 36.4 Å². The molecule has 0 spiro atoms. The lowest BCUT2D eigenvalue weighted by Gasteiger charge is -2.10. The first kappa shape index (κ1) is 18.2. The van der Waals surface area contributed by atoms with Crippen LogP contribution in [0.1, 0.15) is 24.8 Å². The topological polar surface area (TPSA) is 60.7 Å². The Bertz CT molecular complexity index is 639. The van der Waals surface area contributed by atoms with E-state index in [9.17, 15) is 4.79 Å². The minimum Gasteiger partial charge on any atom is -0.483 e. The molecule has 0 fully saturated rings. The van der Waals surface area contributed by atoms with Crippen molar-refractivity contribution in [1.29, 1.82) is 0 Å². The molecular formula is C19H25NO4. The van der Waals surface area contributed by atoms with E-state index in [2.05, 4.69) is 0 Å². The lowest BCUT2D eigenvalue weighted by molar-refractivity contribution is 0.120. The molecular weight excluding hydrogens is 306 g/mol. The van der Waals surface area contributed by atoms with E-state index >= 15 is 0 Å². The Kier molecular flexibility index (Phi) is 8.07. The van der Waals surface area contributed by atoms with E-state index in [1.54, 1.807) is 16.8 Å². The molecule has 2 aromatic rings. The lowest BCUT2D eigenvalue weighted by Crippen LogP contribution is -2.22. The van der Waals surface area contributed by atoms with Crippen molar-refractivity contribution in [3.05, 3.63) is 64.6 Å². The van der Waals surface area contributed by atoms with E-state index < -0.39 is 0 Å². The normalized spacial score (nSPS) is 10.7. The average molecular weight is 331 g/mol. The molecule has 24 heavy (non-hydrogen) atoms. The van der Waals surface area contributed by atoms with Gasteiger partial charge in [0, 0.05) is 32.6 Å². The molecule has 0 saturated carbocycles. The van der Waals surface area contributed by atoms with Gasteiger partial charge in [0.05, 0.1) is 0 Å². The summed E-state index contributed by atoms with van der Waals surface area (Å²) in [5.74, 6) is 0.366. The molecule has 0 radical (unpaired) electrons. The molecule has 1 aromatic carbocycles. The first-order valence-corrected chi connectivity index (χ1v) is 8.36. The molecule has 0 atom stereocenters. The molecule has 0 unspecified atom stereocenters. The van der Waals surface area contributed by atoms with Crippen molar-refractivity contribution in [2.75, 3.05) is 19.8 Å². The molecule has 0 amide bonds. The first-order valence-electron chi connectivity index (χ1n) is 8.36. The van der Waals surface area contributed by atoms with Crippen LogP contribution in [0.25, 0.3) is 0 Å². The number of hydrogen-bond acceptors (Lipinski definition) is 4. The van der Waals surface area contributed by atoms with E-state index in [4.69, 9.17) is 14.6 Å². The SMILES string of the molecule is O=c1c(OCc2ccccc2)cccn1CCCOCCCCO. The van der Waals surface area contributed by atoms with Gasteiger partial charge in [-0.3, -0.25) is 4.79 Å². The predicted octanol–water partition coefficient (Wildman–Crippen LogP) is 2.61. The van der Waals surface area contributed by atoms with Crippen LogP contribution in [0.15, 0.2) is 53.5 Å². The second-order valence-corrected chi connectivity index (χ2v) is 5.54. The molecule has 130 valence electrons. The number of aliphatic hydroxyl groups is 1. The highest BCUT2D eigenvalue weighted by Crippen LogP contribution is 2.07. The van der Waals surface area contributed by atoms with Crippen molar-refractivity contribution in [1.82, 2.24) is 4.57 Å². The van der Waals surface area contributed by atoms with Gasteiger partial charge in [-0.1, -0.05) is 30.3 Å². The number of aryl methyl sites for hydroxylation is 1. The Morgan fingerprint density at radius 2 is 1.75 bits per heavy atom. The van der Waals surface area contributed by atoms with Gasteiger partial charge in [0.1, 0.15) is 6.61 Å². The Morgan fingerprint density at radius 3 is 2.54 bits per heavy atom. The smallest absolute Gasteiger partial charge is 0.292 e. The van der Waals surface area contributed by atoms with E-state index in [1.165, 1.54) is 0 Å². The van der Waals surface area contributed by atoms with Gasteiger partial charge in [-0.2, -0.15) is 0 Å². The maximum absolute atomic E-state index is 12.4. The zero-order valence-corrected chi connectivity index (χ0v) is 13.9. The summed E-state index contributed by atoms with van der Waals surface area (Å²) in [4.78, 5) is 12.4. The van der Waals surface area contributed by atoms with Crippen LogP contribution < -0.4 is 10.3 Å². The summed E-state index contributed by atoms with van der Waals surface area (Å²) in [6.45, 7) is 2.44. The number of pyridine rings is 1. The van der Waals surface area contributed by atoms with Gasteiger partial charge in [-0.25, -0.2) is 0 Å². The summed E-state index contributed by atoms with van der Waals surface area (Å²) in [6, 6.07) is 13.3. The van der Waals surface area contributed by atoms with Crippen LogP contribution in [0.5, 0.6) is 5.75 Å². The molecule has 0 aliphatic carbocycles. The highest BCUT2D eigenvalue weighted by atomic mass is 16.5. The molecule has 0 saturated heterocycles. The number of unbranched alkanes of at least 4 members (excludes halogenated alkanes) is 1. The van der Waals surface area contributed by atoms with Crippen molar-refractivity contribution in [3.63, 3.8) is 0 Å². The molecule has 1 N–H and O–H groups in total. The average Bonchev–Trinajstić information content (AvgIpc) is 2.62. The van der Waals surface area contributed by atoms with Crippen molar-refractivity contribution < 1.29 is 14.6 Å². The Morgan fingerprint density at radius 1 is 0.958 bits per heavy atom. The Hall–Kier alpha value is -2.11. The number of ether oxygens (including phenoxy) is 2. The standard InChI is InChI=1S/C19H25NO4/c21-13-4-5-14-23-15-7-12-20-11-6-10-18(19(20)22)24-16-17-8-2-1-3-9-17/h1-3,6,8-11,21H,4-5,7,12-16H2. The molecule has 1 heterocycles. The number of aromatic nitrogens is 1. The number of benzene rings is 1. The summed E-state index contributed by atoms with van der Waals surface area (Å²) in [5.41, 5.74) is 0.914. The second-order valence-electron chi connectivity index (χ2n) is 5.54. The lowest BCUT2D eigenvalue weighted by atomic mass is 10.2. The fourth-order valence-electron chi connectivity index (χ4n) is 2.29. The maximum Gasteiger partial charge on any atom is 0.292 e. The highest BCUT2D eigenvalue weighted by Gasteiger charge is 2.04. The number of hydrogen-bond donors (Lipinski definition) is 1. The van der Waals surface area contributed by atoms with Gasteiger partial charge in [0.25, 0.3) is 5.56 Å². The maximum atomic E-state index is 12.4. The third kappa shape index (κ3) is 6.18. The Labute approximate surface area is 142 Å². The number of rotatable bonds is 11. The van der Waals surface area contributed by atoms with Gasteiger partial charge in [-0.05, 0) is 37.0 Å². The fraction of sp³-hybridized carbons (Fsp3) is 0.421. The molecule has 5 nitrogen and oxygen atoms in total. The van der Waals surface area contributed by atoms with Crippen molar-refractivity contribution in [2.45, 2.75) is 32.4 Å². The van der Waals surface area contributed by atoms with Crippen LogP contribution in [0.4, 0.5) is 0 Å². The quantitative estimate of drug-likeness (QED) is 0.643. The van der Waals surface area contributed by atoms with Crippen LogP contribution >= 0.6 is 0 Å². The Balaban J connectivity index is 1.78. The van der Waals surface area contributed by atoms with Crippen LogP contribution in [0, 0.1) is 0 Å². The van der Waals surface area contributed by atoms with Crippen LogP contribution in [-0.4, -0.2) is 29.5 Å². The van der Waals surface area contributed by atoms with Gasteiger partial charge < -0.3 is 19.1 Å². The van der Waals surface area contributed by atoms with Crippen LogP contribution in [-0.2, 0) is 17.9 Å². The van der Waals surface area contributed by atoms with E-state index in [-0.39, 0.29) is 12.2 Å². The molecule has 0 aliphatic heterocycles. The third-order valence-electron chi connectivity index (χ3n) is 3.61. The summed E-state index contributed by atoms with van der Waals surface area (Å²) in [7, 11) is 0. The van der Waals surface area contributed by atoms with E-state index in [0.717, 1.165) is 24.8 Å². The minimum absolute atomic E-state index is 0.117. The van der Waals surface area contributed by atoms with Crippen molar-refractivity contribution >= 4 is 0 Å². The van der Waals surface area contributed by atoms with Crippen LogP contribution in [0.3, 0.4) is 0 Å².